The van der Waals surface area contributed by atoms with Crippen molar-refractivity contribution in [3.8, 4) is 0 Å². The number of hydrogen-bond acceptors (Lipinski definition) is 4. The minimum Gasteiger partial charge on any atom is -0.444 e. The van der Waals surface area contributed by atoms with Gasteiger partial charge in [0.05, 0.1) is 0 Å². The Kier molecular flexibility index (Phi) is 7.54. The van der Waals surface area contributed by atoms with Crippen LogP contribution >= 0.6 is 11.6 Å². The number of allylic oxidation sites excluding steroid dienone is 1. The van der Waals surface area contributed by atoms with E-state index in [4.69, 9.17) is 16.3 Å². The van der Waals surface area contributed by atoms with E-state index in [1.807, 2.05) is 37.8 Å². The Morgan fingerprint density at radius 2 is 1.77 bits per heavy atom. The van der Waals surface area contributed by atoms with Crippen molar-refractivity contribution in [2.45, 2.75) is 53.1 Å². The van der Waals surface area contributed by atoms with Gasteiger partial charge in [0.1, 0.15) is 5.60 Å². The van der Waals surface area contributed by atoms with Crippen molar-refractivity contribution >= 4 is 23.6 Å². The van der Waals surface area contributed by atoms with Gasteiger partial charge in [-0.25, -0.2) is 4.79 Å². The molecule has 1 saturated carbocycles. The molecule has 1 aliphatic heterocycles. The summed E-state index contributed by atoms with van der Waals surface area (Å²) >= 11 is 6.06. The van der Waals surface area contributed by atoms with Gasteiger partial charge in [0.15, 0.2) is 0 Å². The number of nitrogens with zero attached hydrogens (tertiary/aromatic N) is 3. The van der Waals surface area contributed by atoms with Crippen molar-refractivity contribution in [1.29, 1.82) is 0 Å². The number of piperazine rings is 1. The van der Waals surface area contributed by atoms with Crippen LogP contribution < -0.4 is 0 Å². The number of amides is 2. The maximum atomic E-state index is 13.5. The predicted molar refractivity (Wildman–Crippen MR) is 140 cm³/mol. The van der Waals surface area contributed by atoms with Crippen LogP contribution in [0.1, 0.15) is 57.8 Å². The molecule has 2 bridgehead atoms. The topological polar surface area (TPSA) is 53.1 Å². The van der Waals surface area contributed by atoms with Gasteiger partial charge >= 0.3 is 6.09 Å². The minimum absolute atomic E-state index is 0.0502. The summed E-state index contributed by atoms with van der Waals surface area (Å²) in [5.41, 5.74) is 1.93. The van der Waals surface area contributed by atoms with Crippen LogP contribution in [0.25, 0.3) is 0 Å². The van der Waals surface area contributed by atoms with Crippen molar-refractivity contribution in [2.75, 3.05) is 45.8 Å². The van der Waals surface area contributed by atoms with Gasteiger partial charge in [-0.05, 0) is 75.1 Å². The summed E-state index contributed by atoms with van der Waals surface area (Å²) in [5.74, 6) is 1.39. The van der Waals surface area contributed by atoms with Gasteiger partial charge in [-0.15, -0.1) is 0 Å². The highest BCUT2D eigenvalue weighted by Crippen LogP contribution is 2.59. The van der Waals surface area contributed by atoms with Crippen LogP contribution in [0.5, 0.6) is 0 Å². The van der Waals surface area contributed by atoms with Gasteiger partial charge in [-0.3, -0.25) is 9.69 Å². The third-order valence-electron chi connectivity index (χ3n) is 8.04. The predicted octanol–water partition coefficient (Wildman–Crippen LogP) is 5.33. The van der Waals surface area contributed by atoms with E-state index in [9.17, 15) is 9.59 Å². The van der Waals surface area contributed by atoms with Crippen molar-refractivity contribution in [1.82, 2.24) is 14.7 Å². The summed E-state index contributed by atoms with van der Waals surface area (Å²) in [7, 11) is 0. The Balaban J connectivity index is 1.38. The molecule has 6 nitrogen and oxygen atoms in total. The van der Waals surface area contributed by atoms with Gasteiger partial charge in [0.2, 0.25) is 0 Å². The third-order valence-corrected chi connectivity index (χ3v) is 8.30. The van der Waals surface area contributed by atoms with E-state index in [-0.39, 0.29) is 12.0 Å². The van der Waals surface area contributed by atoms with Gasteiger partial charge in [0, 0.05) is 56.4 Å². The highest BCUT2D eigenvalue weighted by atomic mass is 35.5. The summed E-state index contributed by atoms with van der Waals surface area (Å²) in [6, 6.07) is 7.19. The molecule has 3 aliphatic carbocycles. The number of carbonyl (C=O) groups excluding carboxylic acids is 2. The fourth-order valence-corrected chi connectivity index (χ4v) is 5.77. The van der Waals surface area contributed by atoms with Crippen LogP contribution in [-0.4, -0.2) is 78.1 Å². The van der Waals surface area contributed by atoms with Gasteiger partial charge < -0.3 is 14.5 Å². The standard InChI is InChI=1S/C28H40ClN3O3/c1-27(2,3)35-26(34)31-15-12-30(13-16-31)14-17-32(25(33)20-7-10-23(29)11-8-20)19-21-6-9-22-18-24(21)28(22,4)5/h6-8,10-11,22,24H,9,12-19H2,1-5H3. The number of halogens is 1. The Bertz CT molecular complexity index is 959. The molecular weight excluding hydrogens is 462 g/mol. The molecule has 0 N–H and O–H groups in total. The number of rotatable bonds is 6. The lowest BCUT2D eigenvalue weighted by atomic mass is 9.49. The third kappa shape index (κ3) is 6.03. The smallest absolute Gasteiger partial charge is 0.410 e. The van der Waals surface area contributed by atoms with Gasteiger partial charge in [0.25, 0.3) is 5.91 Å². The first-order valence-corrected chi connectivity index (χ1v) is 13.3. The van der Waals surface area contributed by atoms with Crippen molar-refractivity contribution < 1.29 is 14.3 Å². The summed E-state index contributed by atoms with van der Waals surface area (Å²) in [6.45, 7) is 15.4. The number of benzene rings is 1. The molecule has 0 spiro atoms. The van der Waals surface area contributed by atoms with E-state index in [0.717, 1.165) is 32.0 Å². The Hall–Kier alpha value is -2.05. The highest BCUT2D eigenvalue weighted by Gasteiger charge is 2.51. The van der Waals surface area contributed by atoms with E-state index in [0.29, 0.717) is 48.1 Å². The van der Waals surface area contributed by atoms with E-state index in [2.05, 4.69) is 24.8 Å². The molecule has 2 fully saturated rings. The lowest BCUT2D eigenvalue weighted by Gasteiger charge is -2.57. The molecule has 2 unspecified atom stereocenters. The second-order valence-electron chi connectivity index (χ2n) is 11.9. The fourth-order valence-electron chi connectivity index (χ4n) is 5.65. The van der Waals surface area contributed by atoms with Crippen molar-refractivity contribution in [3.63, 3.8) is 0 Å². The normalized spacial score (nSPS) is 23.8. The molecule has 1 aromatic rings. The van der Waals surface area contributed by atoms with Crippen LogP contribution in [0.4, 0.5) is 4.79 Å². The largest absolute Gasteiger partial charge is 0.444 e. The van der Waals surface area contributed by atoms with Crippen LogP contribution in [0.2, 0.25) is 5.02 Å². The number of carbonyl (C=O) groups is 2. The SMILES string of the molecule is CC(C)(C)OC(=O)N1CCN(CCN(CC2=CCC3CC2C3(C)C)C(=O)c2ccc(Cl)cc2)CC1. The first-order chi connectivity index (χ1) is 16.4. The maximum Gasteiger partial charge on any atom is 0.410 e. The molecule has 1 saturated heterocycles. The molecule has 7 heteroatoms. The lowest BCUT2D eigenvalue weighted by Crippen LogP contribution is -2.52. The second-order valence-corrected chi connectivity index (χ2v) is 12.3. The van der Waals surface area contributed by atoms with Crippen molar-refractivity contribution in [3.05, 3.63) is 46.5 Å². The molecule has 2 atom stereocenters. The molecule has 1 heterocycles. The molecule has 5 rings (SSSR count). The summed E-state index contributed by atoms with van der Waals surface area (Å²) < 4.78 is 5.51. The quantitative estimate of drug-likeness (QED) is 0.494. The zero-order valence-corrected chi connectivity index (χ0v) is 22.6. The minimum atomic E-state index is -0.487. The average Bonchev–Trinajstić information content (AvgIpc) is 2.81. The Morgan fingerprint density at radius 3 is 2.34 bits per heavy atom. The molecule has 1 aromatic carbocycles. The fraction of sp³-hybridized carbons (Fsp3) is 0.643. The Labute approximate surface area is 215 Å². The second kappa shape index (κ2) is 10.1. The van der Waals surface area contributed by atoms with Crippen LogP contribution in [0, 0.1) is 17.3 Å². The van der Waals surface area contributed by atoms with Crippen molar-refractivity contribution in [2.24, 2.45) is 17.3 Å². The Morgan fingerprint density at radius 1 is 1.11 bits per heavy atom. The average molecular weight is 502 g/mol. The molecule has 192 valence electrons. The molecule has 0 radical (unpaired) electrons. The number of fused-ring (bicyclic) bond motifs is 1. The van der Waals surface area contributed by atoms with E-state index in [1.54, 1.807) is 17.0 Å². The first kappa shape index (κ1) is 26.0. The van der Waals surface area contributed by atoms with E-state index in [1.165, 1.54) is 12.0 Å². The summed E-state index contributed by atoms with van der Waals surface area (Å²) in [4.78, 5) is 32.0. The molecular formula is C28H40ClN3O3. The molecule has 2 amide bonds. The zero-order valence-electron chi connectivity index (χ0n) is 21.8. The van der Waals surface area contributed by atoms with Crippen LogP contribution in [0.15, 0.2) is 35.9 Å². The molecule has 35 heavy (non-hydrogen) atoms. The summed E-state index contributed by atoms with van der Waals surface area (Å²) in [6.07, 6.45) is 4.50. The van der Waals surface area contributed by atoms with Gasteiger partial charge in [-0.2, -0.15) is 0 Å². The first-order valence-electron chi connectivity index (χ1n) is 12.9. The lowest BCUT2D eigenvalue weighted by molar-refractivity contribution is -0.0107. The molecule has 4 aliphatic rings. The van der Waals surface area contributed by atoms with E-state index >= 15 is 0 Å². The van der Waals surface area contributed by atoms with E-state index < -0.39 is 5.60 Å². The van der Waals surface area contributed by atoms with Crippen LogP contribution in [0.3, 0.4) is 0 Å². The number of ether oxygens (including phenoxy) is 1. The molecule has 0 aromatic heterocycles. The van der Waals surface area contributed by atoms with Crippen LogP contribution in [-0.2, 0) is 4.74 Å². The van der Waals surface area contributed by atoms with Gasteiger partial charge in [-0.1, -0.05) is 37.1 Å². The number of hydrogen-bond donors (Lipinski definition) is 0. The zero-order chi connectivity index (χ0) is 25.4. The highest BCUT2D eigenvalue weighted by molar-refractivity contribution is 6.30. The monoisotopic (exact) mass is 501 g/mol. The summed E-state index contributed by atoms with van der Waals surface area (Å²) in [5, 5.41) is 0.633. The maximum absolute atomic E-state index is 13.5.